The van der Waals surface area contributed by atoms with Crippen molar-refractivity contribution in [2.24, 2.45) is 33.5 Å². The molecule has 2 amide bonds. The number of amides is 2. The Balaban J connectivity index is 1.19. The van der Waals surface area contributed by atoms with Crippen LogP contribution in [0.1, 0.15) is 78.9 Å². The molecule has 0 saturated heterocycles. The summed E-state index contributed by atoms with van der Waals surface area (Å²) in [6.07, 6.45) is 12.0. The molecule has 256 valence electrons. The van der Waals surface area contributed by atoms with Gasteiger partial charge in [-0.1, -0.05) is 80.6 Å². The predicted octanol–water partition coefficient (Wildman–Crippen LogP) is 8.56. The molecule has 3 fully saturated rings. The van der Waals surface area contributed by atoms with Crippen LogP contribution in [-0.4, -0.2) is 45.2 Å². The minimum absolute atomic E-state index is 0.0222. The highest BCUT2D eigenvalue weighted by Crippen LogP contribution is 2.78. The zero-order chi connectivity index (χ0) is 34.2. The van der Waals surface area contributed by atoms with Crippen LogP contribution in [0.4, 0.5) is 10.5 Å². The summed E-state index contributed by atoms with van der Waals surface area (Å²) in [6, 6.07) is 23.2. The van der Waals surface area contributed by atoms with E-state index in [1.165, 1.54) is 0 Å². The third kappa shape index (κ3) is 4.79. The van der Waals surface area contributed by atoms with Gasteiger partial charge in [0.15, 0.2) is 5.78 Å². The van der Waals surface area contributed by atoms with Gasteiger partial charge in [-0.05, 0) is 98.9 Å². The van der Waals surface area contributed by atoms with E-state index in [0.29, 0.717) is 25.1 Å². The van der Waals surface area contributed by atoms with E-state index in [1.54, 1.807) is 16.2 Å². The van der Waals surface area contributed by atoms with Gasteiger partial charge in [0, 0.05) is 38.9 Å². The van der Waals surface area contributed by atoms with Crippen LogP contribution in [0.3, 0.4) is 0 Å². The second-order valence-electron chi connectivity index (χ2n) is 16.2. The lowest BCUT2D eigenvalue weighted by Gasteiger charge is -2.71. The standard InChI is InChI=1S/C42H48N2O4S/c1-28-14-15-33(49-28)36(46)32-25-40-22-23-42(32)34(38(40,2)19-16-31(45)24-40)17-20-39(3)35(42)18-21-41(39,48)27-44(26-29-10-6-4-7-11-29)37(47)43-30-12-8-5-9-13-30/h4-15,22-23,25,31,34-35,45,48H,16-21,24,26-27H2,1-3H3,(H,43,47). The third-order valence-electron chi connectivity index (χ3n) is 13.9. The number of carbonyl (C=O) groups is 2. The number of rotatable bonds is 7. The first kappa shape index (κ1) is 32.7. The minimum Gasteiger partial charge on any atom is -0.393 e. The van der Waals surface area contributed by atoms with E-state index in [4.69, 9.17) is 0 Å². The van der Waals surface area contributed by atoms with Crippen LogP contribution in [-0.2, 0) is 6.54 Å². The van der Waals surface area contributed by atoms with E-state index in [1.807, 2.05) is 79.7 Å². The zero-order valence-corrected chi connectivity index (χ0v) is 29.6. The molecule has 8 atom stereocenters. The van der Waals surface area contributed by atoms with E-state index >= 15 is 0 Å². The molecule has 1 aromatic heterocycles. The van der Waals surface area contributed by atoms with E-state index in [2.05, 4.69) is 37.4 Å². The summed E-state index contributed by atoms with van der Waals surface area (Å²) in [5.74, 6) is 0.348. The van der Waals surface area contributed by atoms with Crippen molar-refractivity contribution >= 4 is 28.8 Å². The molecule has 3 aromatic rings. The maximum atomic E-state index is 14.7. The van der Waals surface area contributed by atoms with Gasteiger partial charge in [-0.25, -0.2) is 4.79 Å². The molecule has 6 nitrogen and oxygen atoms in total. The number of benzene rings is 2. The highest BCUT2D eigenvalue weighted by Gasteiger charge is 2.74. The van der Waals surface area contributed by atoms with Crippen molar-refractivity contribution in [3.8, 4) is 0 Å². The highest BCUT2D eigenvalue weighted by atomic mass is 32.1. The maximum Gasteiger partial charge on any atom is 0.322 e. The van der Waals surface area contributed by atoms with Crippen LogP contribution in [0.25, 0.3) is 0 Å². The molecule has 0 aliphatic heterocycles. The monoisotopic (exact) mass is 676 g/mol. The fourth-order valence-electron chi connectivity index (χ4n) is 11.3. The molecule has 7 heteroatoms. The van der Waals surface area contributed by atoms with Gasteiger partial charge in [-0.15, -0.1) is 11.3 Å². The fourth-order valence-corrected chi connectivity index (χ4v) is 12.2. The van der Waals surface area contributed by atoms with Crippen molar-refractivity contribution in [1.29, 1.82) is 0 Å². The topological polar surface area (TPSA) is 89.9 Å². The van der Waals surface area contributed by atoms with Crippen LogP contribution < -0.4 is 5.32 Å². The number of para-hydroxylation sites is 1. The second-order valence-corrected chi connectivity index (χ2v) is 17.5. The number of nitrogens with one attached hydrogen (secondary N) is 1. The molecule has 2 bridgehead atoms. The van der Waals surface area contributed by atoms with Gasteiger partial charge in [0.2, 0.25) is 0 Å². The van der Waals surface area contributed by atoms with Crippen molar-refractivity contribution in [2.45, 2.75) is 84.0 Å². The summed E-state index contributed by atoms with van der Waals surface area (Å²) in [6.45, 7) is 7.26. The maximum absolute atomic E-state index is 14.7. The van der Waals surface area contributed by atoms with E-state index in [-0.39, 0.29) is 47.1 Å². The number of aryl methyl sites for hydroxylation is 1. The van der Waals surface area contributed by atoms with Crippen LogP contribution >= 0.6 is 11.3 Å². The Bertz CT molecular complexity index is 1840. The van der Waals surface area contributed by atoms with Crippen molar-refractivity contribution in [3.63, 3.8) is 0 Å². The molecule has 2 aromatic carbocycles. The Hall–Kier alpha value is -3.52. The van der Waals surface area contributed by atoms with E-state index in [0.717, 1.165) is 53.0 Å². The Kier molecular flexibility index (Phi) is 7.67. The Labute approximate surface area is 293 Å². The first-order valence-electron chi connectivity index (χ1n) is 18.0. The quantitative estimate of drug-likeness (QED) is 0.173. The number of urea groups is 1. The van der Waals surface area contributed by atoms with Gasteiger partial charge in [-0.3, -0.25) is 4.79 Å². The molecule has 2 spiro atoms. The molecule has 6 aliphatic rings. The van der Waals surface area contributed by atoms with Crippen molar-refractivity contribution in [2.75, 3.05) is 11.9 Å². The van der Waals surface area contributed by atoms with Crippen LogP contribution in [0, 0.1) is 40.4 Å². The number of hydrogen-bond donors (Lipinski definition) is 3. The molecule has 8 unspecified atom stereocenters. The lowest BCUT2D eigenvalue weighted by Crippen LogP contribution is -2.67. The Morgan fingerprint density at radius 3 is 2.27 bits per heavy atom. The Morgan fingerprint density at radius 1 is 0.878 bits per heavy atom. The number of ketones is 1. The SMILES string of the molecule is Cc1ccc(C(=O)C2=CC34C=CC25C(CCC2(C)C5CCC2(O)CN(Cc2ccccc2)C(=O)Nc2ccccc2)C3(C)CCC(O)C4)s1. The third-order valence-corrected chi connectivity index (χ3v) is 14.9. The number of Topliss-reactive ketones (excluding diaryl/α,β-unsaturated/α-hetero) is 1. The lowest BCUT2D eigenvalue weighted by atomic mass is 9.32. The summed E-state index contributed by atoms with van der Waals surface area (Å²) in [7, 11) is 0. The number of hydrogen-bond acceptors (Lipinski definition) is 5. The molecular weight excluding hydrogens is 629 g/mol. The summed E-state index contributed by atoms with van der Waals surface area (Å²) in [4.78, 5) is 32.4. The Morgan fingerprint density at radius 2 is 1.55 bits per heavy atom. The van der Waals surface area contributed by atoms with E-state index < -0.39 is 16.4 Å². The second kappa shape index (κ2) is 11.5. The molecular formula is C42H48N2O4S. The highest BCUT2D eigenvalue weighted by molar-refractivity contribution is 7.14. The predicted molar refractivity (Wildman–Crippen MR) is 194 cm³/mol. The number of carbonyl (C=O) groups excluding carboxylic acids is 2. The van der Waals surface area contributed by atoms with Gasteiger partial charge in [0.05, 0.1) is 23.1 Å². The van der Waals surface area contributed by atoms with Crippen LogP contribution in [0.2, 0.25) is 0 Å². The van der Waals surface area contributed by atoms with Gasteiger partial charge in [0.25, 0.3) is 0 Å². The number of thiophene rings is 1. The minimum atomic E-state index is -1.16. The average Bonchev–Trinajstić information content (AvgIpc) is 3.65. The number of anilines is 1. The lowest BCUT2D eigenvalue weighted by molar-refractivity contribution is -0.174. The summed E-state index contributed by atoms with van der Waals surface area (Å²) < 4.78 is 0. The number of aliphatic hydroxyl groups is 2. The average molecular weight is 677 g/mol. The van der Waals surface area contributed by atoms with Gasteiger partial charge < -0.3 is 20.4 Å². The normalized spacial score (nSPS) is 37.1. The van der Waals surface area contributed by atoms with Gasteiger partial charge in [-0.2, -0.15) is 0 Å². The summed E-state index contributed by atoms with van der Waals surface area (Å²) >= 11 is 1.55. The number of fused-ring (bicyclic) bond motifs is 1. The molecule has 6 aliphatic carbocycles. The van der Waals surface area contributed by atoms with Crippen molar-refractivity contribution in [3.05, 3.63) is 112 Å². The number of nitrogens with zero attached hydrogens (tertiary/aromatic N) is 1. The summed E-state index contributed by atoms with van der Waals surface area (Å²) in [5, 5.41) is 27.1. The smallest absolute Gasteiger partial charge is 0.322 e. The fraction of sp³-hybridized carbons (Fsp3) is 0.476. The zero-order valence-electron chi connectivity index (χ0n) is 28.8. The summed E-state index contributed by atoms with van der Waals surface area (Å²) in [5.41, 5.74) is -0.0807. The number of allylic oxidation sites excluding steroid dienone is 4. The van der Waals surface area contributed by atoms with E-state index in [9.17, 15) is 19.8 Å². The molecule has 1 heterocycles. The van der Waals surface area contributed by atoms with Gasteiger partial charge in [0.1, 0.15) is 0 Å². The van der Waals surface area contributed by atoms with Gasteiger partial charge >= 0.3 is 6.03 Å². The first-order chi connectivity index (χ1) is 23.4. The molecule has 3 N–H and O–H groups in total. The molecule has 49 heavy (non-hydrogen) atoms. The van der Waals surface area contributed by atoms with Crippen LogP contribution in [0.5, 0.6) is 0 Å². The largest absolute Gasteiger partial charge is 0.393 e. The molecule has 0 radical (unpaired) electrons. The molecule has 9 rings (SSSR count). The molecule has 3 saturated carbocycles. The van der Waals surface area contributed by atoms with Crippen molar-refractivity contribution in [1.82, 2.24) is 4.90 Å². The number of aliphatic hydroxyl groups excluding tert-OH is 1. The first-order valence-corrected chi connectivity index (χ1v) is 18.8. The van der Waals surface area contributed by atoms with Crippen molar-refractivity contribution < 1.29 is 19.8 Å². The van der Waals surface area contributed by atoms with Crippen LogP contribution in [0.15, 0.2) is 96.6 Å².